The molecule has 21 heavy (non-hydrogen) atoms. The van der Waals surface area contributed by atoms with Gasteiger partial charge in [0.25, 0.3) is 0 Å². The largest absolute Gasteiger partial charge is 0.385 e. The van der Waals surface area contributed by atoms with Gasteiger partial charge >= 0.3 is 0 Å². The van der Waals surface area contributed by atoms with Crippen molar-refractivity contribution < 1.29 is 13.5 Å². The van der Waals surface area contributed by atoms with Crippen LogP contribution in [0.2, 0.25) is 0 Å². The number of guanidine groups is 1. The molecule has 0 unspecified atom stereocenters. The molecule has 0 radical (unpaired) electrons. The highest BCUT2D eigenvalue weighted by Crippen LogP contribution is 2.09. The molecule has 4 nitrogen and oxygen atoms in total. The first-order valence-corrected chi connectivity index (χ1v) is 6.54. The molecular weight excluding hydrogens is 391 g/mol. The van der Waals surface area contributed by atoms with E-state index < -0.39 is 11.6 Å². The third-order valence-corrected chi connectivity index (χ3v) is 2.74. The summed E-state index contributed by atoms with van der Waals surface area (Å²) in [5.41, 5.74) is 0.480. The van der Waals surface area contributed by atoms with Crippen LogP contribution in [0.15, 0.2) is 23.2 Å². The van der Waals surface area contributed by atoms with Crippen LogP contribution >= 0.6 is 24.0 Å². The predicted octanol–water partition coefficient (Wildman–Crippen LogP) is 2.33. The van der Waals surface area contributed by atoms with E-state index in [1.807, 2.05) is 0 Å². The van der Waals surface area contributed by atoms with Gasteiger partial charge in [0, 0.05) is 39.9 Å². The van der Waals surface area contributed by atoms with Gasteiger partial charge < -0.3 is 15.4 Å². The lowest BCUT2D eigenvalue weighted by Gasteiger charge is -2.11. The summed E-state index contributed by atoms with van der Waals surface area (Å²) < 4.78 is 31.1. The second-order valence-electron chi connectivity index (χ2n) is 4.26. The second-order valence-corrected chi connectivity index (χ2v) is 4.26. The number of halogens is 3. The maximum absolute atomic E-state index is 13.4. The predicted molar refractivity (Wildman–Crippen MR) is 91.3 cm³/mol. The Labute approximate surface area is 141 Å². The normalized spacial score (nSPS) is 11.0. The fourth-order valence-electron chi connectivity index (χ4n) is 1.68. The summed E-state index contributed by atoms with van der Waals surface area (Å²) in [5.74, 6) is -0.423. The second kappa shape index (κ2) is 11.7. The molecule has 0 aliphatic carbocycles. The SMILES string of the molecule is CN=C(NCCCOC)NCCc1ccc(F)cc1F.I. The summed E-state index contributed by atoms with van der Waals surface area (Å²) in [4.78, 5) is 4.05. The summed E-state index contributed by atoms with van der Waals surface area (Å²) in [6, 6.07) is 3.62. The van der Waals surface area contributed by atoms with Crippen LogP contribution in [0.1, 0.15) is 12.0 Å². The number of ether oxygens (including phenoxy) is 1. The minimum Gasteiger partial charge on any atom is -0.385 e. The molecule has 0 aliphatic rings. The van der Waals surface area contributed by atoms with Gasteiger partial charge in [-0.25, -0.2) is 8.78 Å². The fraction of sp³-hybridized carbons (Fsp3) is 0.500. The lowest BCUT2D eigenvalue weighted by Crippen LogP contribution is -2.39. The summed E-state index contributed by atoms with van der Waals surface area (Å²) in [7, 11) is 3.33. The highest BCUT2D eigenvalue weighted by atomic mass is 127. The number of rotatable bonds is 7. The molecule has 0 amide bonds. The summed E-state index contributed by atoms with van der Waals surface area (Å²) >= 11 is 0. The van der Waals surface area contributed by atoms with Crippen molar-refractivity contribution in [2.45, 2.75) is 12.8 Å². The van der Waals surface area contributed by atoms with Gasteiger partial charge in [-0.1, -0.05) is 6.07 Å². The molecule has 0 aliphatic heterocycles. The average molecular weight is 413 g/mol. The summed E-state index contributed by atoms with van der Waals surface area (Å²) in [6.07, 6.45) is 1.34. The first-order valence-electron chi connectivity index (χ1n) is 6.54. The fourth-order valence-corrected chi connectivity index (χ4v) is 1.68. The Morgan fingerprint density at radius 2 is 1.95 bits per heavy atom. The van der Waals surface area contributed by atoms with E-state index in [9.17, 15) is 8.78 Å². The highest BCUT2D eigenvalue weighted by molar-refractivity contribution is 14.0. The first-order chi connectivity index (χ1) is 9.67. The Hall–Kier alpha value is -0.960. The van der Waals surface area contributed by atoms with E-state index in [1.165, 1.54) is 12.1 Å². The third-order valence-electron chi connectivity index (χ3n) is 2.74. The Morgan fingerprint density at radius 3 is 2.57 bits per heavy atom. The van der Waals surface area contributed by atoms with Gasteiger partial charge in [-0.3, -0.25) is 4.99 Å². The van der Waals surface area contributed by atoms with Gasteiger partial charge in [-0.05, 0) is 24.5 Å². The molecule has 120 valence electrons. The van der Waals surface area contributed by atoms with Gasteiger partial charge in [0.15, 0.2) is 5.96 Å². The molecule has 1 aromatic carbocycles. The van der Waals surface area contributed by atoms with Gasteiger partial charge in [0.1, 0.15) is 11.6 Å². The molecule has 7 heteroatoms. The van der Waals surface area contributed by atoms with Crippen molar-refractivity contribution in [3.05, 3.63) is 35.4 Å². The van der Waals surface area contributed by atoms with E-state index in [-0.39, 0.29) is 24.0 Å². The topological polar surface area (TPSA) is 45.7 Å². The zero-order valence-electron chi connectivity index (χ0n) is 12.3. The zero-order valence-corrected chi connectivity index (χ0v) is 14.6. The van der Waals surface area contributed by atoms with Crippen molar-refractivity contribution in [3.8, 4) is 0 Å². The van der Waals surface area contributed by atoms with E-state index in [2.05, 4.69) is 15.6 Å². The Balaban J connectivity index is 0.00000400. The molecule has 2 N–H and O–H groups in total. The number of nitrogens with one attached hydrogen (secondary N) is 2. The number of benzene rings is 1. The molecular formula is C14H22F2IN3O. The number of hydrogen-bond acceptors (Lipinski definition) is 2. The van der Waals surface area contributed by atoms with Crippen molar-refractivity contribution in [1.82, 2.24) is 10.6 Å². The van der Waals surface area contributed by atoms with Crippen LogP contribution in [0.3, 0.4) is 0 Å². The Kier molecular flexibility index (Phi) is 11.1. The van der Waals surface area contributed by atoms with Gasteiger partial charge in [0.2, 0.25) is 0 Å². The van der Waals surface area contributed by atoms with Crippen molar-refractivity contribution in [2.24, 2.45) is 4.99 Å². The van der Waals surface area contributed by atoms with Gasteiger partial charge in [-0.2, -0.15) is 0 Å². The van der Waals surface area contributed by atoms with Gasteiger partial charge in [0.05, 0.1) is 0 Å². The van der Waals surface area contributed by atoms with Crippen LogP contribution < -0.4 is 10.6 Å². The lowest BCUT2D eigenvalue weighted by atomic mass is 10.1. The first kappa shape index (κ1) is 20.0. The molecule has 1 aromatic rings. The number of methoxy groups -OCH3 is 1. The highest BCUT2D eigenvalue weighted by Gasteiger charge is 2.04. The molecule has 1 rings (SSSR count). The third kappa shape index (κ3) is 8.15. The van der Waals surface area contributed by atoms with E-state index in [0.29, 0.717) is 31.1 Å². The molecule has 0 heterocycles. The molecule has 0 bridgehead atoms. The smallest absolute Gasteiger partial charge is 0.190 e. The Bertz CT molecular complexity index is 444. The summed E-state index contributed by atoms with van der Waals surface area (Å²) in [6.45, 7) is 1.95. The van der Waals surface area contributed by atoms with Crippen LogP contribution in [-0.2, 0) is 11.2 Å². The molecule has 0 aromatic heterocycles. The van der Waals surface area contributed by atoms with E-state index >= 15 is 0 Å². The van der Waals surface area contributed by atoms with Gasteiger partial charge in [-0.15, -0.1) is 24.0 Å². The maximum atomic E-state index is 13.4. The minimum atomic E-state index is -0.560. The number of hydrogen-bond donors (Lipinski definition) is 2. The monoisotopic (exact) mass is 413 g/mol. The Morgan fingerprint density at radius 1 is 1.24 bits per heavy atom. The van der Waals surface area contributed by atoms with Crippen molar-refractivity contribution in [2.75, 3.05) is 33.9 Å². The average Bonchev–Trinajstić information content (AvgIpc) is 2.43. The molecule has 0 atom stereocenters. The van der Waals surface area contributed by atoms with Crippen LogP contribution in [0.5, 0.6) is 0 Å². The van der Waals surface area contributed by atoms with Crippen LogP contribution in [-0.4, -0.2) is 39.8 Å². The van der Waals surface area contributed by atoms with Crippen LogP contribution in [0.4, 0.5) is 8.78 Å². The molecule has 0 spiro atoms. The quantitative estimate of drug-likeness (QED) is 0.312. The van der Waals surface area contributed by atoms with Crippen molar-refractivity contribution in [3.63, 3.8) is 0 Å². The standard InChI is InChI=1S/C14H21F2N3O.HI/c1-17-14(18-7-3-9-20-2)19-8-6-11-4-5-12(15)10-13(11)16;/h4-5,10H,3,6-9H2,1-2H3,(H2,17,18,19);1H. The van der Waals surface area contributed by atoms with E-state index in [0.717, 1.165) is 19.0 Å². The van der Waals surface area contributed by atoms with Crippen molar-refractivity contribution in [1.29, 1.82) is 0 Å². The van der Waals surface area contributed by atoms with E-state index in [1.54, 1.807) is 14.2 Å². The van der Waals surface area contributed by atoms with Crippen molar-refractivity contribution >= 4 is 29.9 Å². The minimum absolute atomic E-state index is 0. The molecule has 0 fully saturated rings. The molecule has 0 saturated carbocycles. The summed E-state index contributed by atoms with van der Waals surface area (Å²) in [5, 5.41) is 6.19. The lowest BCUT2D eigenvalue weighted by molar-refractivity contribution is 0.195. The maximum Gasteiger partial charge on any atom is 0.190 e. The zero-order chi connectivity index (χ0) is 14.8. The molecule has 0 saturated heterocycles. The number of nitrogens with zero attached hydrogens (tertiary/aromatic N) is 1. The van der Waals surface area contributed by atoms with E-state index in [4.69, 9.17) is 4.74 Å². The number of aliphatic imine (C=N–C) groups is 1. The van der Waals surface area contributed by atoms with Crippen LogP contribution in [0, 0.1) is 11.6 Å². The van der Waals surface area contributed by atoms with Crippen LogP contribution in [0.25, 0.3) is 0 Å².